The molecular weight excluding hydrogens is 378 g/mol. The van der Waals surface area contributed by atoms with E-state index < -0.39 is 0 Å². The Bertz CT molecular complexity index is 1000. The fourth-order valence-corrected chi connectivity index (χ4v) is 3.91. The van der Waals surface area contributed by atoms with Crippen LogP contribution in [0, 0.1) is 13.8 Å². The van der Waals surface area contributed by atoms with E-state index in [4.69, 9.17) is 4.74 Å². The van der Waals surface area contributed by atoms with Crippen LogP contribution in [0.25, 0.3) is 11.3 Å². The number of aryl methyl sites for hydroxylation is 3. The smallest absolute Gasteiger partial charge is 0.317 e. The Labute approximate surface area is 176 Å². The van der Waals surface area contributed by atoms with Crippen LogP contribution in [0.4, 0.5) is 0 Å². The number of benzene rings is 1. The molecule has 1 amide bonds. The highest BCUT2D eigenvalue weighted by Crippen LogP contribution is 2.23. The standard InChI is InChI=1S/C23H27N5O2/c1-15-13-16(2)25-23(24-15)30-19-11-9-18(10-12-19)26-22(29)21-14-20(27-28(21)3)17-7-5-4-6-8-17/h4-8,13-14,18-19H,9-12H2,1-3H3,(H,26,29). The van der Waals surface area contributed by atoms with Crippen LogP contribution in [-0.4, -0.2) is 37.8 Å². The van der Waals surface area contributed by atoms with Crippen LogP contribution < -0.4 is 10.1 Å². The van der Waals surface area contributed by atoms with Crippen molar-refractivity contribution in [1.82, 2.24) is 25.1 Å². The molecule has 1 aromatic carbocycles. The largest absolute Gasteiger partial charge is 0.460 e. The summed E-state index contributed by atoms with van der Waals surface area (Å²) in [7, 11) is 1.80. The minimum Gasteiger partial charge on any atom is -0.460 e. The number of rotatable bonds is 5. The number of nitrogens with zero attached hydrogens (tertiary/aromatic N) is 4. The average Bonchev–Trinajstić information content (AvgIpc) is 3.11. The molecule has 1 fully saturated rings. The number of hydrogen-bond acceptors (Lipinski definition) is 5. The first-order valence-corrected chi connectivity index (χ1v) is 10.4. The van der Waals surface area contributed by atoms with Gasteiger partial charge in [0.05, 0.1) is 5.69 Å². The molecule has 30 heavy (non-hydrogen) atoms. The molecule has 0 radical (unpaired) electrons. The fraction of sp³-hybridized carbons (Fsp3) is 0.391. The van der Waals surface area contributed by atoms with Crippen molar-refractivity contribution < 1.29 is 9.53 Å². The monoisotopic (exact) mass is 405 g/mol. The Hall–Kier alpha value is -3.22. The molecule has 0 bridgehead atoms. The van der Waals surface area contributed by atoms with Gasteiger partial charge < -0.3 is 10.1 Å². The molecular formula is C23H27N5O2. The van der Waals surface area contributed by atoms with Crippen LogP contribution in [0.3, 0.4) is 0 Å². The van der Waals surface area contributed by atoms with E-state index in [1.54, 1.807) is 11.7 Å². The highest BCUT2D eigenvalue weighted by Gasteiger charge is 2.25. The Morgan fingerprint density at radius 1 is 1.03 bits per heavy atom. The van der Waals surface area contributed by atoms with E-state index in [2.05, 4.69) is 20.4 Å². The lowest BCUT2D eigenvalue weighted by atomic mass is 9.93. The Morgan fingerprint density at radius 2 is 1.70 bits per heavy atom. The lowest BCUT2D eigenvalue weighted by Crippen LogP contribution is -2.40. The number of carbonyl (C=O) groups is 1. The second-order valence-corrected chi connectivity index (χ2v) is 7.90. The molecule has 4 rings (SSSR count). The van der Waals surface area contributed by atoms with Gasteiger partial charge in [0.1, 0.15) is 11.8 Å². The van der Waals surface area contributed by atoms with Crippen molar-refractivity contribution in [3.8, 4) is 17.3 Å². The maximum absolute atomic E-state index is 12.8. The lowest BCUT2D eigenvalue weighted by molar-refractivity contribution is 0.0875. The molecule has 2 aromatic heterocycles. The molecule has 1 aliphatic rings. The molecule has 1 N–H and O–H groups in total. The normalized spacial score (nSPS) is 18.8. The topological polar surface area (TPSA) is 81.9 Å². The summed E-state index contributed by atoms with van der Waals surface area (Å²) in [5.41, 5.74) is 4.18. The van der Waals surface area contributed by atoms with Crippen molar-refractivity contribution in [2.75, 3.05) is 0 Å². The predicted molar refractivity (Wildman–Crippen MR) is 114 cm³/mol. The second kappa shape index (κ2) is 8.65. The fourth-order valence-electron chi connectivity index (χ4n) is 3.91. The van der Waals surface area contributed by atoms with Crippen LogP contribution in [0.2, 0.25) is 0 Å². The van der Waals surface area contributed by atoms with Gasteiger partial charge in [0, 0.05) is 30.0 Å². The van der Waals surface area contributed by atoms with Crippen LogP contribution in [0.5, 0.6) is 6.01 Å². The Morgan fingerprint density at radius 3 is 2.37 bits per heavy atom. The van der Waals surface area contributed by atoms with E-state index in [-0.39, 0.29) is 18.1 Å². The highest BCUT2D eigenvalue weighted by atomic mass is 16.5. The first kappa shape index (κ1) is 20.1. The van der Waals surface area contributed by atoms with E-state index in [9.17, 15) is 4.79 Å². The van der Waals surface area contributed by atoms with Gasteiger partial charge >= 0.3 is 6.01 Å². The number of carbonyl (C=O) groups excluding carboxylic acids is 1. The number of ether oxygens (including phenoxy) is 1. The number of aromatic nitrogens is 4. The van der Waals surface area contributed by atoms with Crippen molar-refractivity contribution in [2.45, 2.75) is 51.7 Å². The summed E-state index contributed by atoms with van der Waals surface area (Å²) in [5, 5.41) is 7.65. The molecule has 7 nitrogen and oxygen atoms in total. The van der Waals surface area contributed by atoms with Gasteiger partial charge in [-0.15, -0.1) is 0 Å². The average molecular weight is 406 g/mol. The van der Waals surface area contributed by atoms with Gasteiger partial charge in [-0.05, 0) is 51.7 Å². The minimum atomic E-state index is -0.0887. The van der Waals surface area contributed by atoms with Crippen molar-refractivity contribution in [3.63, 3.8) is 0 Å². The first-order valence-electron chi connectivity index (χ1n) is 10.4. The molecule has 1 saturated carbocycles. The molecule has 0 atom stereocenters. The van der Waals surface area contributed by atoms with Gasteiger partial charge in [0.25, 0.3) is 5.91 Å². The third-order valence-corrected chi connectivity index (χ3v) is 5.43. The molecule has 0 unspecified atom stereocenters. The van der Waals surface area contributed by atoms with Crippen molar-refractivity contribution in [3.05, 3.63) is 59.5 Å². The van der Waals surface area contributed by atoms with Gasteiger partial charge in [-0.2, -0.15) is 5.10 Å². The zero-order chi connectivity index (χ0) is 21.1. The summed E-state index contributed by atoms with van der Waals surface area (Å²) in [6.07, 6.45) is 3.54. The zero-order valence-electron chi connectivity index (χ0n) is 17.6. The van der Waals surface area contributed by atoms with Crippen molar-refractivity contribution >= 4 is 5.91 Å². The quantitative estimate of drug-likeness (QED) is 0.701. The molecule has 7 heteroatoms. The summed E-state index contributed by atoms with van der Waals surface area (Å²) in [6.45, 7) is 3.88. The molecule has 1 aliphatic carbocycles. The zero-order valence-corrected chi connectivity index (χ0v) is 17.6. The minimum absolute atomic E-state index is 0.0840. The molecule has 156 valence electrons. The van der Waals surface area contributed by atoms with E-state index >= 15 is 0 Å². The van der Waals surface area contributed by atoms with E-state index in [0.29, 0.717) is 11.7 Å². The van der Waals surface area contributed by atoms with Crippen LogP contribution in [0.15, 0.2) is 42.5 Å². The Balaban J connectivity index is 1.33. The van der Waals surface area contributed by atoms with Crippen molar-refractivity contribution in [2.24, 2.45) is 7.05 Å². The maximum atomic E-state index is 12.8. The molecule has 0 spiro atoms. The van der Waals surface area contributed by atoms with E-state index in [1.165, 1.54) is 0 Å². The number of nitrogens with one attached hydrogen (secondary N) is 1. The van der Waals surface area contributed by atoms with Gasteiger partial charge in [-0.1, -0.05) is 30.3 Å². The SMILES string of the molecule is Cc1cc(C)nc(OC2CCC(NC(=O)c3cc(-c4ccccc4)nn3C)CC2)n1. The van der Waals surface area contributed by atoms with E-state index in [0.717, 1.165) is 48.3 Å². The molecule has 3 aromatic rings. The van der Waals surface area contributed by atoms with Gasteiger partial charge in [0.2, 0.25) is 0 Å². The highest BCUT2D eigenvalue weighted by molar-refractivity contribution is 5.93. The van der Waals surface area contributed by atoms with E-state index in [1.807, 2.05) is 56.3 Å². The van der Waals surface area contributed by atoms with Crippen LogP contribution >= 0.6 is 0 Å². The number of amides is 1. The predicted octanol–water partition coefficient (Wildman–Crippen LogP) is 3.61. The number of hydrogen-bond donors (Lipinski definition) is 1. The third-order valence-electron chi connectivity index (χ3n) is 5.43. The summed E-state index contributed by atoms with van der Waals surface area (Å²) in [6, 6.07) is 14.2. The molecule has 2 heterocycles. The lowest BCUT2D eigenvalue weighted by Gasteiger charge is -2.28. The van der Waals surface area contributed by atoms with Gasteiger partial charge in [-0.3, -0.25) is 9.48 Å². The maximum Gasteiger partial charge on any atom is 0.317 e. The Kier molecular flexibility index (Phi) is 5.79. The van der Waals surface area contributed by atoms with Gasteiger partial charge in [0.15, 0.2) is 0 Å². The summed E-state index contributed by atoms with van der Waals surface area (Å²) < 4.78 is 7.62. The second-order valence-electron chi connectivity index (χ2n) is 7.90. The van der Waals surface area contributed by atoms with Gasteiger partial charge in [-0.25, -0.2) is 9.97 Å². The summed E-state index contributed by atoms with van der Waals surface area (Å²) in [5.74, 6) is -0.0887. The molecule has 0 aliphatic heterocycles. The van der Waals surface area contributed by atoms with Crippen LogP contribution in [0.1, 0.15) is 47.6 Å². The summed E-state index contributed by atoms with van der Waals surface area (Å²) in [4.78, 5) is 21.5. The third kappa shape index (κ3) is 4.67. The summed E-state index contributed by atoms with van der Waals surface area (Å²) >= 11 is 0. The van der Waals surface area contributed by atoms with Crippen molar-refractivity contribution in [1.29, 1.82) is 0 Å². The van der Waals surface area contributed by atoms with Crippen LogP contribution in [-0.2, 0) is 7.05 Å². The first-order chi connectivity index (χ1) is 14.5. The molecule has 0 saturated heterocycles.